The summed E-state index contributed by atoms with van der Waals surface area (Å²) in [6.07, 6.45) is 1.26. The van der Waals surface area contributed by atoms with E-state index in [1.807, 2.05) is 4.90 Å². The van der Waals surface area contributed by atoms with E-state index in [0.717, 1.165) is 32.5 Å². The molecule has 0 aliphatic carbocycles. The van der Waals surface area contributed by atoms with Gasteiger partial charge in [-0.15, -0.1) is 0 Å². The number of piperidine rings is 1. The van der Waals surface area contributed by atoms with Crippen molar-refractivity contribution < 1.29 is 27.8 Å². The maximum Gasteiger partial charge on any atom is 0.325 e. The SMILES string of the molecule is CC(=O)NCC1CN(c2ccc(-c3ccc(N4CCC5(CC4)CO5)c(F)c3)c(F)c2)CC(=O)O1. The molecule has 3 aliphatic heterocycles. The van der Waals surface area contributed by atoms with Crippen molar-refractivity contribution in [2.45, 2.75) is 31.5 Å². The fourth-order valence-electron chi connectivity index (χ4n) is 4.70. The Morgan fingerprint density at radius 1 is 1.12 bits per heavy atom. The Morgan fingerprint density at radius 2 is 1.88 bits per heavy atom. The van der Waals surface area contributed by atoms with Crippen LogP contribution in [0.3, 0.4) is 0 Å². The molecule has 1 N–H and O–H groups in total. The molecule has 3 saturated heterocycles. The van der Waals surface area contributed by atoms with E-state index < -0.39 is 17.9 Å². The maximum atomic E-state index is 15.1. The van der Waals surface area contributed by atoms with Gasteiger partial charge in [-0.2, -0.15) is 0 Å². The quantitative estimate of drug-likeness (QED) is 0.534. The Hall–Kier alpha value is -3.20. The van der Waals surface area contributed by atoms with Crippen LogP contribution in [-0.4, -0.2) is 62.9 Å². The standard InChI is InChI=1S/C25H27F2N3O4/c1-16(31)28-12-19-13-30(14-24(32)34-19)18-3-4-20(21(26)11-18)17-2-5-23(22(27)10-17)29-8-6-25(7-9-29)15-33-25/h2-5,10-11,19H,6-9,12-15H2,1H3,(H,28,31). The molecule has 3 aliphatic rings. The minimum Gasteiger partial charge on any atom is -0.457 e. The zero-order valence-corrected chi connectivity index (χ0v) is 19.0. The van der Waals surface area contributed by atoms with Gasteiger partial charge in [-0.05, 0) is 48.7 Å². The number of halogens is 2. The van der Waals surface area contributed by atoms with Crippen molar-refractivity contribution in [3.8, 4) is 11.1 Å². The number of nitrogens with zero attached hydrogens (tertiary/aromatic N) is 2. The number of carbonyl (C=O) groups is 2. The molecular weight excluding hydrogens is 444 g/mol. The lowest BCUT2D eigenvalue weighted by molar-refractivity contribution is -0.150. The topological polar surface area (TPSA) is 74.4 Å². The van der Waals surface area contributed by atoms with Crippen LogP contribution in [0.4, 0.5) is 20.2 Å². The first-order valence-corrected chi connectivity index (χ1v) is 11.5. The van der Waals surface area contributed by atoms with Crippen molar-refractivity contribution in [3.63, 3.8) is 0 Å². The van der Waals surface area contributed by atoms with Gasteiger partial charge >= 0.3 is 5.97 Å². The smallest absolute Gasteiger partial charge is 0.325 e. The summed E-state index contributed by atoms with van der Waals surface area (Å²) in [6.45, 7) is 4.16. The Kier molecular flexibility index (Phi) is 5.89. The summed E-state index contributed by atoms with van der Waals surface area (Å²) in [5.74, 6) is -1.55. The normalized spacial score (nSPS) is 21.4. The van der Waals surface area contributed by atoms with Crippen molar-refractivity contribution in [1.82, 2.24) is 5.32 Å². The van der Waals surface area contributed by atoms with Crippen molar-refractivity contribution in [3.05, 3.63) is 48.0 Å². The van der Waals surface area contributed by atoms with Gasteiger partial charge in [-0.1, -0.05) is 6.07 Å². The van der Waals surface area contributed by atoms with E-state index >= 15 is 4.39 Å². The number of cyclic esters (lactones) is 1. The molecule has 1 spiro atoms. The number of esters is 1. The lowest BCUT2D eigenvalue weighted by atomic mass is 9.97. The monoisotopic (exact) mass is 471 g/mol. The third kappa shape index (κ3) is 4.70. The number of ether oxygens (including phenoxy) is 2. The molecule has 5 rings (SSSR count). The highest BCUT2D eigenvalue weighted by molar-refractivity contribution is 5.78. The van der Waals surface area contributed by atoms with Gasteiger partial charge in [0.1, 0.15) is 24.3 Å². The fourth-order valence-corrected chi connectivity index (χ4v) is 4.70. The Bertz CT molecular complexity index is 1110. The van der Waals surface area contributed by atoms with Gasteiger partial charge in [0, 0.05) is 31.3 Å². The molecule has 0 radical (unpaired) electrons. The number of anilines is 2. The van der Waals surface area contributed by atoms with Crippen LogP contribution in [0.2, 0.25) is 0 Å². The van der Waals surface area contributed by atoms with Crippen LogP contribution in [0.1, 0.15) is 19.8 Å². The summed E-state index contributed by atoms with van der Waals surface area (Å²) in [7, 11) is 0. The predicted molar refractivity (Wildman–Crippen MR) is 123 cm³/mol. The van der Waals surface area contributed by atoms with Gasteiger partial charge < -0.3 is 24.6 Å². The summed E-state index contributed by atoms with van der Waals surface area (Å²) in [4.78, 5) is 26.9. The van der Waals surface area contributed by atoms with Gasteiger partial charge in [0.15, 0.2) is 0 Å². The lowest BCUT2D eigenvalue weighted by Crippen LogP contribution is -2.49. The number of amides is 1. The maximum absolute atomic E-state index is 15.1. The van der Waals surface area contributed by atoms with Crippen LogP contribution in [0.25, 0.3) is 11.1 Å². The molecule has 34 heavy (non-hydrogen) atoms. The molecule has 0 aromatic heterocycles. The Labute approximate surface area is 196 Å². The second kappa shape index (κ2) is 8.87. The molecule has 1 atom stereocenters. The van der Waals surface area contributed by atoms with Gasteiger partial charge in [0.25, 0.3) is 0 Å². The zero-order chi connectivity index (χ0) is 23.9. The Morgan fingerprint density at radius 3 is 2.53 bits per heavy atom. The lowest BCUT2D eigenvalue weighted by Gasteiger charge is -2.33. The first-order chi connectivity index (χ1) is 16.3. The van der Waals surface area contributed by atoms with Gasteiger partial charge in [-0.25, -0.2) is 8.78 Å². The molecule has 2 aromatic rings. The molecule has 9 heteroatoms. The van der Waals surface area contributed by atoms with Gasteiger partial charge in [0.05, 0.1) is 31.0 Å². The number of carbonyl (C=O) groups excluding carboxylic acids is 2. The number of hydrogen-bond acceptors (Lipinski definition) is 6. The van der Waals surface area contributed by atoms with Crippen molar-refractivity contribution in [2.24, 2.45) is 0 Å². The second-order valence-electron chi connectivity index (χ2n) is 9.22. The van der Waals surface area contributed by atoms with Gasteiger partial charge in [-0.3, -0.25) is 9.59 Å². The molecule has 1 unspecified atom stereocenters. The van der Waals surface area contributed by atoms with E-state index in [1.54, 1.807) is 29.2 Å². The Balaban J connectivity index is 1.30. The minimum absolute atomic E-state index is 0.0131. The van der Waals surface area contributed by atoms with E-state index in [-0.39, 0.29) is 36.0 Å². The molecular formula is C25H27F2N3O4. The van der Waals surface area contributed by atoms with Crippen LogP contribution < -0.4 is 15.1 Å². The first kappa shape index (κ1) is 22.6. The fraction of sp³-hybridized carbons (Fsp3) is 0.440. The molecule has 2 aromatic carbocycles. The van der Waals surface area contributed by atoms with E-state index in [1.165, 1.54) is 19.1 Å². The van der Waals surface area contributed by atoms with Crippen LogP contribution >= 0.6 is 0 Å². The number of rotatable bonds is 5. The summed E-state index contributed by atoms with van der Waals surface area (Å²) in [5.41, 5.74) is 1.80. The molecule has 180 valence electrons. The van der Waals surface area contributed by atoms with Crippen LogP contribution in [0.5, 0.6) is 0 Å². The molecule has 1 amide bonds. The largest absolute Gasteiger partial charge is 0.457 e. The predicted octanol–water partition coefficient (Wildman–Crippen LogP) is 2.87. The molecule has 3 heterocycles. The third-order valence-electron chi connectivity index (χ3n) is 6.77. The summed E-state index contributed by atoms with van der Waals surface area (Å²) < 4.78 is 40.8. The molecule has 7 nitrogen and oxygen atoms in total. The van der Waals surface area contributed by atoms with E-state index in [9.17, 15) is 14.0 Å². The van der Waals surface area contributed by atoms with Crippen molar-refractivity contribution in [2.75, 3.05) is 49.1 Å². The second-order valence-corrected chi connectivity index (χ2v) is 9.22. The van der Waals surface area contributed by atoms with E-state index in [4.69, 9.17) is 9.47 Å². The van der Waals surface area contributed by atoms with E-state index in [0.29, 0.717) is 23.5 Å². The van der Waals surface area contributed by atoms with Crippen molar-refractivity contribution >= 4 is 23.3 Å². The number of epoxide rings is 1. The van der Waals surface area contributed by atoms with Crippen LogP contribution in [-0.2, 0) is 19.1 Å². The van der Waals surface area contributed by atoms with Gasteiger partial charge in [0.2, 0.25) is 5.91 Å². The molecule has 0 saturated carbocycles. The first-order valence-electron chi connectivity index (χ1n) is 11.5. The summed E-state index contributed by atoms with van der Waals surface area (Å²) >= 11 is 0. The van der Waals surface area contributed by atoms with Crippen molar-refractivity contribution in [1.29, 1.82) is 0 Å². The molecule has 0 bridgehead atoms. The van der Waals surface area contributed by atoms with Crippen LogP contribution in [0, 0.1) is 11.6 Å². The van der Waals surface area contributed by atoms with Crippen LogP contribution in [0.15, 0.2) is 36.4 Å². The zero-order valence-electron chi connectivity index (χ0n) is 19.0. The highest BCUT2D eigenvalue weighted by Gasteiger charge is 2.46. The summed E-state index contributed by atoms with van der Waals surface area (Å²) in [6, 6.07) is 9.45. The number of hydrogen-bond donors (Lipinski definition) is 1. The molecule has 3 fully saturated rings. The third-order valence-corrected chi connectivity index (χ3v) is 6.77. The highest BCUT2D eigenvalue weighted by Crippen LogP contribution is 2.40. The average Bonchev–Trinajstić information content (AvgIpc) is 3.57. The number of benzene rings is 2. The minimum atomic E-state index is -0.523. The summed E-state index contributed by atoms with van der Waals surface area (Å²) in [5, 5.41) is 2.63. The number of morpholine rings is 1. The number of nitrogens with one attached hydrogen (secondary N) is 1. The average molecular weight is 472 g/mol. The highest BCUT2D eigenvalue weighted by atomic mass is 19.1. The van der Waals surface area contributed by atoms with E-state index in [2.05, 4.69) is 5.32 Å².